The van der Waals surface area contributed by atoms with E-state index in [4.69, 9.17) is 42.1 Å². The Hall–Kier alpha value is -2.32. The third-order valence-electron chi connectivity index (χ3n) is 6.35. The lowest BCUT2D eigenvalue weighted by molar-refractivity contribution is -0.171. The molecule has 42 heavy (non-hydrogen) atoms. The van der Waals surface area contributed by atoms with Gasteiger partial charge in [-0.15, -0.1) is 45.9 Å². The van der Waals surface area contributed by atoms with E-state index >= 15 is 0 Å². The lowest BCUT2D eigenvalue weighted by atomic mass is 9.97. The molecule has 0 amide bonds. The number of esters is 4. The molecule has 0 saturated carbocycles. The predicted molar refractivity (Wildman–Crippen MR) is 156 cm³/mol. The second-order valence-electron chi connectivity index (χ2n) is 11.3. The molecule has 0 radical (unpaired) electrons. The highest BCUT2D eigenvalue weighted by molar-refractivity contribution is 7.10. The Kier molecular flexibility index (Phi) is 10.7. The number of carbonyl (C=O) groups is 4. The first-order chi connectivity index (χ1) is 19.3. The second kappa shape index (κ2) is 13.1. The third-order valence-corrected chi connectivity index (χ3v) is 8.50. The molecule has 3 rings (SSSR count). The quantitative estimate of drug-likeness (QED) is 0.229. The van der Waals surface area contributed by atoms with Crippen molar-refractivity contribution in [3.05, 3.63) is 32.2 Å². The highest BCUT2D eigenvalue weighted by Gasteiger charge is 2.42. The molecule has 1 aliphatic heterocycles. The minimum atomic E-state index is -1.60. The molecule has 2 aromatic heterocycles. The maximum absolute atomic E-state index is 13.4. The number of thiazole rings is 2. The van der Waals surface area contributed by atoms with E-state index in [0.29, 0.717) is 12.8 Å². The molecule has 0 fully saturated rings. The smallest absolute Gasteiger partial charge is 0.358 e. The molecule has 0 aliphatic carbocycles. The van der Waals surface area contributed by atoms with E-state index in [9.17, 15) is 24.3 Å². The van der Waals surface area contributed by atoms with Gasteiger partial charge in [-0.25, -0.2) is 19.6 Å². The van der Waals surface area contributed by atoms with Gasteiger partial charge in [-0.05, 0) is 60.8 Å². The van der Waals surface area contributed by atoms with Crippen LogP contribution in [0, 0.1) is 5.92 Å². The number of alkyl halides is 2. The van der Waals surface area contributed by atoms with Gasteiger partial charge >= 0.3 is 23.9 Å². The standard InChI is InChI=1S/C27H34Cl2N2O9S2/c1-13-17(9-8-10-27(7,28)29)38-23(34)15-11-42-21(30-15)19(37-14(2)32)26(5,6)40-24(35)16-12-41-20(31-16)18(25(3,4)36)39-22(13)33/h11-13,17-19,36H,8-10H2,1-7H3/t13-,17-,18?,19+/m0/s1. The van der Waals surface area contributed by atoms with Gasteiger partial charge < -0.3 is 24.1 Å². The van der Waals surface area contributed by atoms with Gasteiger partial charge in [-0.1, -0.05) is 0 Å². The van der Waals surface area contributed by atoms with Crippen LogP contribution in [0.3, 0.4) is 0 Å². The minimum Gasteiger partial charge on any atom is -0.457 e. The average molecular weight is 666 g/mol. The summed E-state index contributed by atoms with van der Waals surface area (Å²) in [6, 6.07) is 0. The van der Waals surface area contributed by atoms with Gasteiger partial charge in [0.25, 0.3) is 0 Å². The van der Waals surface area contributed by atoms with Crippen LogP contribution in [0.2, 0.25) is 0 Å². The summed E-state index contributed by atoms with van der Waals surface area (Å²) in [7, 11) is 0. The first kappa shape index (κ1) is 34.2. The molecule has 0 spiro atoms. The van der Waals surface area contributed by atoms with Crippen LogP contribution >= 0.6 is 45.9 Å². The zero-order valence-corrected chi connectivity index (χ0v) is 27.4. The molecule has 4 bridgehead atoms. The number of aliphatic hydroxyl groups is 1. The lowest BCUT2D eigenvalue weighted by Gasteiger charge is -2.31. The zero-order chi connectivity index (χ0) is 31.6. The Labute approximate surface area is 261 Å². The maximum Gasteiger partial charge on any atom is 0.358 e. The number of aromatic nitrogens is 2. The van der Waals surface area contributed by atoms with Gasteiger partial charge in [0.1, 0.15) is 26.1 Å². The Morgan fingerprint density at radius 3 is 2.19 bits per heavy atom. The number of rotatable bonds is 6. The largest absolute Gasteiger partial charge is 0.457 e. The molecule has 1 aliphatic rings. The SMILES string of the molecule is CC(=O)O[C@@H]1c2nc(cs2)C(=O)O[C@@H](CCCC(C)(Cl)Cl)[C@H](C)C(=O)OC(C(C)(C)O)c2nc(cs2)C(=O)OC1(C)C. The summed E-state index contributed by atoms with van der Waals surface area (Å²) in [5.41, 5.74) is -3.25. The normalized spacial score (nSPS) is 23.8. The average Bonchev–Trinajstić information content (AvgIpc) is 3.52. The fourth-order valence-corrected chi connectivity index (χ4v) is 6.35. The fourth-order valence-electron chi connectivity index (χ4n) is 4.10. The Morgan fingerprint density at radius 2 is 1.62 bits per heavy atom. The first-order valence-electron chi connectivity index (χ1n) is 13.1. The molecule has 1 N–H and O–H groups in total. The van der Waals surface area contributed by atoms with Crippen molar-refractivity contribution >= 4 is 69.8 Å². The molecule has 4 atom stereocenters. The van der Waals surface area contributed by atoms with Crippen molar-refractivity contribution in [3.63, 3.8) is 0 Å². The summed E-state index contributed by atoms with van der Waals surface area (Å²) in [5.74, 6) is -4.08. The van der Waals surface area contributed by atoms with Gasteiger partial charge in [-0.2, -0.15) is 0 Å². The fraction of sp³-hybridized carbons (Fsp3) is 0.630. The van der Waals surface area contributed by atoms with E-state index in [2.05, 4.69) is 9.97 Å². The molecule has 1 unspecified atom stereocenters. The molecule has 0 saturated heterocycles. The van der Waals surface area contributed by atoms with Gasteiger partial charge in [-0.3, -0.25) is 9.59 Å². The molecule has 3 heterocycles. The van der Waals surface area contributed by atoms with Crippen LogP contribution in [0.5, 0.6) is 0 Å². The van der Waals surface area contributed by atoms with Crippen molar-refractivity contribution in [1.29, 1.82) is 0 Å². The molecule has 11 nitrogen and oxygen atoms in total. The summed E-state index contributed by atoms with van der Waals surface area (Å²) in [6.45, 7) is 10.3. The number of carbonyl (C=O) groups excluding carboxylic acids is 4. The second-order valence-corrected chi connectivity index (χ2v) is 14.9. The van der Waals surface area contributed by atoms with Crippen LogP contribution in [0.4, 0.5) is 0 Å². The zero-order valence-electron chi connectivity index (χ0n) is 24.3. The summed E-state index contributed by atoms with van der Waals surface area (Å²) >= 11 is 14.2. The van der Waals surface area contributed by atoms with Crippen LogP contribution in [-0.2, 0) is 28.5 Å². The number of fused-ring (bicyclic) bond motifs is 4. The third kappa shape index (κ3) is 8.85. The Morgan fingerprint density at radius 1 is 1.05 bits per heavy atom. The van der Waals surface area contributed by atoms with Crippen LogP contribution in [0.15, 0.2) is 10.8 Å². The molecule has 2 aromatic rings. The summed E-state index contributed by atoms with van der Waals surface area (Å²) in [6.07, 6.45) is -2.42. The van der Waals surface area contributed by atoms with Crippen molar-refractivity contribution in [2.75, 3.05) is 0 Å². The Balaban J connectivity index is 2.09. The molecule has 232 valence electrons. The minimum absolute atomic E-state index is 0.0956. The molecular formula is C27H34Cl2N2O9S2. The van der Waals surface area contributed by atoms with Crippen molar-refractivity contribution in [2.45, 2.75) is 102 Å². The van der Waals surface area contributed by atoms with Gasteiger partial charge in [0.2, 0.25) is 0 Å². The summed E-state index contributed by atoms with van der Waals surface area (Å²) in [4.78, 5) is 60.4. The van der Waals surface area contributed by atoms with Crippen molar-refractivity contribution in [1.82, 2.24) is 9.97 Å². The van der Waals surface area contributed by atoms with E-state index in [1.165, 1.54) is 52.3 Å². The molecule has 15 heteroatoms. The summed E-state index contributed by atoms with van der Waals surface area (Å²) < 4.78 is 21.6. The van der Waals surface area contributed by atoms with Crippen molar-refractivity contribution < 1.29 is 43.2 Å². The van der Waals surface area contributed by atoms with Crippen LogP contribution in [0.1, 0.15) is 111 Å². The maximum atomic E-state index is 13.4. The van der Waals surface area contributed by atoms with Gasteiger partial charge in [0.15, 0.2) is 29.2 Å². The Bertz CT molecular complexity index is 1310. The van der Waals surface area contributed by atoms with E-state index in [1.54, 1.807) is 6.92 Å². The van der Waals surface area contributed by atoms with Crippen LogP contribution < -0.4 is 0 Å². The van der Waals surface area contributed by atoms with Crippen LogP contribution in [0.25, 0.3) is 0 Å². The molecule has 0 aromatic carbocycles. The van der Waals surface area contributed by atoms with Crippen molar-refractivity contribution in [2.24, 2.45) is 5.92 Å². The van der Waals surface area contributed by atoms with E-state index in [-0.39, 0.29) is 27.8 Å². The highest BCUT2D eigenvalue weighted by atomic mass is 35.5. The van der Waals surface area contributed by atoms with E-state index in [0.717, 1.165) is 22.7 Å². The number of ether oxygens (including phenoxy) is 4. The predicted octanol–water partition coefficient (Wildman–Crippen LogP) is 5.73. The van der Waals surface area contributed by atoms with Crippen LogP contribution in [-0.4, -0.2) is 60.6 Å². The number of hydrogen-bond donors (Lipinski definition) is 1. The number of hydrogen-bond acceptors (Lipinski definition) is 13. The van der Waals surface area contributed by atoms with Gasteiger partial charge in [0, 0.05) is 17.7 Å². The monoisotopic (exact) mass is 664 g/mol. The van der Waals surface area contributed by atoms with E-state index in [1.807, 2.05) is 0 Å². The first-order valence-corrected chi connectivity index (χ1v) is 15.6. The van der Waals surface area contributed by atoms with Gasteiger partial charge in [0.05, 0.1) is 5.92 Å². The number of nitrogens with zero attached hydrogens (tertiary/aromatic N) is 2. The molecular weight excluding hydrogens is 631 g/mol. The summed E-state index contributed by atoms with van der Waals surface area (Å²) in [5, 5.41) is 14.0. The van der Waals surface area contributed by atoms with E-state index < -0.39 is 63.6 Å². The number of halogens is 2. The highest BCUT2D eigenvalue weighted by Crippen LogP contribution is 2.38. The number of cyclic esters (lactones) is 3. The van der Waals surface area contributed by atoms with Crippen molar-refractivity contribution in [3.8, 4) is 0 Å². The lowest BCUT2D eigenvalue weighted by Crippen LogP contribution is -2.38. The topological polar surface area (TPSA) is 151 Å².